The van der Waals surface area contributed by atoms with Crippen LogP contribution in [0.1, 0.15) is 108 Å². The molecule has 44 heavy (non-hydrogen) atoms. The van der Waals surface area contributed by atoms with Gasteiger partial charge in [0.1, 0.15) is 0 Å². The highest BCUT2D eigenvalue weighted by Crippen LogP contribution is 2.41. The van der Waals surface area contributed by atoms with Crippen molar-refractivity contribution in [3.63, 3.8) is 0 Å². The summed E-state index contributed by atoms with van der Waals surface area (Å²) in [6.45, 7) is 22.7. The first-order valence-electron chi connectivity index (χ1n) is 16.6. The first-order valence-corrected chi connectivity index (χ1v) is 16.6. The Labute approximate surface area is 271 Å². The van der Waals surface area contributed by atoms with Crippen LogP contribution in [-0.2, 0) is 0 Å². The van der Waals surface area contributed by atoms with Crippen LogP contribution in [0.3, 0.4) is 0 Å². The Morgan fingerprint density at radius 3 is 1.14 bits per heavy atom. The van der Waals surface area contributed by atoms with E-state index >= 15 is 0 Å². The van der Waals surface area contributed by atoms with Gasteiger partial charge in [0.05, 0.1) is 0 Å². The van der Waals surface area contributed by atoms with E-state index in [1.807, 2.05) is 0 Å². The van der Waals surface area contributed by atoms with Gasteiger partial charge in [-0.05, 0) is 102 Å². The fourth-order valence-electron chi connectivity index (χ4n) is 6.05. The molecule has 0 atom stereocenters. The Kier molecular flexibility index (Phi) is 15.4. The lowest BCUT2D eigenvalue weighted by Gasteiger charge is -2.33. The second kappa shape index (κ2) is 18.4. The summed E-state index contributed by atoms with van der Waals surface area (Å²) in [5.41, 5.74) is 11.7. The fraction of sp³-hybridized carbons (Fsp3) is 0.409. The van der Waals surface area contributed by atoms with Gasteiger partial charge in [0, 0.05) is 0 Å². The van der Waals surface area contributed by atoms with Crippen LogP contribution in [0.2, 0.25) is 0 Å². The van der Waals surface area contributed by atoms with Crippen LogP contribution >= 0.6 is 0 Å². The molecule has 0 nitrogen and oxygen atoms in total. The highest BCUT2D eigenvalue weighted by Gasteiger charge is 2.27. The van der Waals surface area contributed by atoms with Crippen LogP contribution in [0.4, 0.5) is 0 Å². The number of allylic oxidation sites excluding steroid dienone is 26. The number of rotatable bonds is 12. The molecule has 0 bridgehead atoms. The van der Waals surface area contributed by atoms with Gasteiger partial charge in [-0.1, -0.05) is 171 Å². The SMILES string of the molecule is CC1=C(/C=C/C(C)=C/C=C/C(C)=C/C=C/C=C/C=C/C=C(C)/C=C/C=C(C)/C=C/C2=C(C)CCCC2(C)C)C(C)(C)CCC1. The molecule has 0 saturated carbocycles. The third-order valence-electron chi connectivity index (χ3n) is 8.82. The fourth-order valence-corrected chi connectivity index (χ4v) is 6.05. The summed E-state index contributed by atoms with van der Waals surface area (Å²) in [5.74, 6) is 0. The Hall–Kier alpha value is -3.38. The lowest BCUT2D eigenvalue weighted by atomic mass is 9.72. The standard InChI is InChI=1S/C44H60/c1-35(23-17-25-37(3)29-31-41-39(5)27-19-33-43(41,7)8)21-15-13-11-12-14-16-22-36(2)24-18-26-38(4)30-32-42-40(6)28-20-34-44(42,9)10/h11-18,21-26,29-32H,19-20,27-28,33-34H2,1-10H3/b12-11+,15-13+,16-14+,23-17+,24-18+,31-29+,32-30+,35-21+,36-22+,37-25+,38-26+. The molecule has 0 aromatic rings. The van der Waals surface area contributed by atoms with E-state index < -0.39 is 0 Å². The maximum absolute atomic E-state index is 2.37. The molecule has 0 heteroatoms. The van der Waals surface area contributed by atoms with Gasteiger partial charge in [-0.15, -0.1) is 0 Å². The zero-order chi connectivity index (χ0) is 32.6. The average molecular weight is 589 g/mol. The zero-order valence-corrected chi connectivity index (χ0v) is 29.6. The third-order valence-corrected chi connectivity index (χ3v) is 8.82. The van der Waals surface area contributed by atoms with E-state index in [0.29, 0.717) is 0 Å². The van der Waals surface area contributed by atoms with E-state index in [-0.39, 0.29) is 10.8 Å². The van der Waals surface area contributed by atoms with Crippen molar-refractivity contribution in [1.29, 1.82) is 0 Å². The molecule has 2 aliphatic rings. The van der Waals surface area contributed by atoms with Crippen molar-refractivity contribution in [1.82, 2.24) is 0 Å². The molecule has 0 unspecified atom stereocenters. The average Bonchev–Trinajstić information content (AvgIpc) is 2.93. The highest BCUT2D eigenvalue weighted by atomic mass is 14.3. The van der Waals surface area contributed by atoms with E-state index in [0.717, 1.165) is 0 Å². The second-order valence-corrected chi connectivity index (χ2v) is 14.0. The third kappa shape index (κ3) is 13.5. The minimum Gasteiger partial charge on any atom is -0.0696 e. The summed E-state index contributed by atoms with van der Waals surface area (Å²) >= 11 is 0. The monoisotopic (exact) mass is 588 g/mol. The summed E-state index contributed by atoms with van der Waals surface area (Å²) in [5, 5.41) is 0. The molecule has 0 aliphatic heterocycles. The molecule has 0 spiro atoms. The predicted molar refractivity (Wildman–Crippen MR) is 200 cm³/mol. The van der Waals surface area contributed by atoms with E-state index in [9.17, 15) is 0 Å². The minimum atomic E-state index is 0.288. The quantitative estimate of drug-likeness (QED) is 0.199. The molecular weight excluding hydrogens is 528 g/mol. The van der Waals surface area contributed by atoms with Crippen molar-refractivity contribution in [3.05, 3.63) is 154 Å². The molecule has 0 aromatic carbocycles. The predicted octanol–water partition coefficient (Wildman–Crippen LogP) is 13.7. The smallest absolute Gasteiger partial charge is 0.0104 e. The summed E-state index contributed by atoms with van der Waals surface area (Å²) in [6.07, 6.45) is 46.5. The Morgan fingerprint density at radius 1 is 0.455 bits per heavy atom. The molecule has 2 rings (SSSR count). The normalized spacial score (nSPS) is 21.4. The van der Waals surface area contributed by atoms with Gasteiger partial charge in [-0.25, -0.2) is 0 Å². The van der Waals surface area contributed by atoms with E-state index in [1.54, 1.807) is 11.1 Å². The van der Waals surface area contributed by atoms with Crippen molar-refractivity contribution < 1.29 is 0 Å². The van der Waals surface area contributed by atoms with Crippen LogP contribution in [0, 0.1) is 10.8 Å². The van der Waals surface area contributed by atoms with Gasteiger partial charge in [0.15, 0.2) is 0 Å². The molecule has 0 amide bonds. The van der Waals surface area contributed by atoms with Gasteiger partial charge < -0.3 is 0 Å². The first-order chi connectivity index (χ1) is 20.8. The van der Waals surface area contributed by atoms with Gasteiger partial charge in [0.25, 0.3) is 0 Å². The maximum Gasteiger partial charge on any atom is -0.0104 e. The van der Waals surface area contributed by atoms with Crippen molar-refractivity contribution in [3.8, 4) is 0 Å². The molecule has 0 fully saturated rings. The van der Waals surface area contributed by atoms with E-state index in [4.69, 9.17) is 0 Å². The van der Waals surface area contributed by atoms with Crippen LogP contribution in [0.5, 0.6) is 0 Å². The number of hydrogen-bond donors (Lipinski definition) is 0. The van der Waals surface area contributed by atoms with Crippen molar-refractivity contribution >= 4 is 0 Å². The van der Waals surface area contributed by atoms with Gasteiger partial charge in [-0.3, -0.25) is 0 Å². The molecule has 0 aromatic heterocycles. The summed E-state index contributed by atoms with van der Waals surface area (Å²) in [7, 11) is 0. The molecule has 2 aliphatic carbocycles. The maximum atomic E-state index is 2.37. The summed E-state index contributed by atoms with van der Waals surface area (Å²) in [6, 6.07) is 0. The number of hydrogen-bond acceptors (Lipinski definition) is 0. The molecule has 0 N–H and O–H groups in total. The lowest BCUT2D eigenvalue weighted by Crippen LogP contribution is -2.19. The van der Waals surface area contributed by atoms with E-state index in [1.165, 1.54) is 72.0 Å². The Balaban J connectivity index is 1.80. The van der Waals surface area contributed by atoms with Gasteiger partial charge in [-0.2, -0.15) is 0 Å². The van der Waals surface area contributed by atoms with Crippen LogP contribution in [0.15, 0.2) is 154 Å². The molecule has 0 saturated heterocycles. The Morgan fingerprint density at radius 2 is 0.773 bits per heavy atom. The van der Waals surface area contributed by atoms with Crippen LogP contribution in [-0.4, -0.2) is 0 Å². The van der Waals surface area contributed by atoms with Crippen molar-refractivity contribution in [2.24, 2.45) is 10.8 Å². The molecule has 236 valence electrons. The van der Waals surface area contributed by atoms with Crippen molar-refractivity contribution in [2.75, 3.05) is 0 Å². The van der Waals surface area contributed by atoms with Gasteiger partial charge >= 0.3 is 0 Å². The molecule has 0 radical (unpaired) electrons. The van der Waals surface area contributed by atoms with Gasteiger partial charge in [0.2, 0.25) is 0 Å². The van der Waals surface area contributed by atoms with Crippen molar-refractivity contribution in [2.45, 2.75) is 108 Å². The second-order valence-electron chi connectivity index (χ2n) is 14.0. The van der Waals surface area contributed by atoms with E-state index in [2.05, 4.69) is 179 Å². The Bertz CT molecular complexity index is 1260. The summed E-state index contributed by atoms with van der Waals surface area (Å²) < 4.78 is 0. The largest absolute Gasteiger partial charge is 0.0696 e. The summed E-state index contributed by atoms with van der Waals surface area (Å²) in [4.78, 5) is 0. The zero-order valence-electron chi connectivity index (χ0n) is 29.6. The molecular formula is C44H60. The highest BCUT2D eigenvalue weighted by molar-refractivity contribution is 5.38. The topological polar surface area (TPSA) is 0 Å². The minimum absolute atomic E-state index is 0.288. The first kappa shape index (κ1) is 36.8. The van der Waals surface area contributed by atoms with Crippen LogP contribution < -0.4 is 0 Å². The molecule has 0 heterocycles. The lowest BCUT2D eigenvalue weighted by molar-refractivity contribution is 0.376. The van der Waals surface area contributed by atoms with Crippen LogP contribution in [0.25, 0.3) is 0 Å².